The number of hydrogen-bond donors (Lipinski definition) is 1. The molecule has 0 unspecified atom stereocenters. The highest BCUT2D eigenvalue weighted by Gasteiger charge is 2.10. The number of aromatic nitrogens is 1. The maximum atomic E-state index is 4.83. The third-order valence-corrected chi connectivity index (χ3v) is 3.43. The zero-order chi connectivity index (χ0) is 14.0. The van der Waals surface area contributed by atoms with Gasteiger partial charge in [-0.25, -0.2) is 0 Å². The summed E-state index contributed by atoms with van der Waals surface area (Å²) in [5, 5.41) is 4.82. The fourth-order valence-electron chi connectivity index (χ4n) is 2.47. The van der Waals surface area contributed by atoms with Gasteiger partial charge >= 0.3 is 0 Å². The largest absolute Gasteiger partial charge is 0.384 e. The van der Waals surface area contributed by atoms with Gasteiger partial charge in [-0.2, -0.15) is 0 Å². The molecule has 1 aromatic carbocycles. The SMILES string of the molecule is CCCNc1cc(C(C)C)nc2cc(C)cc(C)c12. The van der Waals surface area contributed by atoms with Gasteiger partial charge in [0.25, 0.3) is 0 Å². The molecule has 2 heteroatoms. The molecule has 0 saturated carbocycles. The number of nitrogens with zero attached hydrogens (tertiary/aromatic N) is 1. The van der Waals surface area contributed by atoms with E-state index in [4.69, 9.17) is 4.98 Å². The molecule has 1 aromatic heterocycles. The number of aryl methyl sites for hydroxylation is 2. The Labute approximate surface area is 116 Å². The topological polar surface area (TPSA) is 24.9 Å². The summed E-state index contributed by atoms with van der Waals surface area (Å²) in [6, 6.07) is 6.63. The first-order valence-corrected chi connectivity index (χ1v) is 7.18. The van der Waals surface area contributed by atoms with Crippen molar-refractivity contribution in [1.29, 1.82) is 0 Å². The van der Waals surface area contributed by atoms with Gasteiger partial charge in [-0.05, 0) is 49.4 Å². The maximum absolute atomic E-state index is 4.83. The fourth-order valence-corrected chi connectivity index (χ4v) is 2.47. The first kappa shape index (κ1) is 13.9. The Morgan fingerprint density at radius 1 is 1.16 bits per heavy atom. The molecule has 1 heterocycles. The van der Waals surface area contributed by atoms with Crippen LogP contribution < -0.4 is 5.32 Å². The van der Waals surface area contributed by atoms with Crippen LogP contribution in [0.4, 0.5) is 5.69 Å². The Balaban J connectivity index is 2.67. The second kappa shape index (κ2) is 5.60. The van der Waals surface area contributed by atoms with Crippen molar-refractivity contribution in [2.45, 2.75) is 47.0 Å². The van der Waals surface area contributed by atoms with Crippen LogP contribution in [0.25, 0.3) is 10.9 Å². The van der Waals surface area contributed by atoms with Crippen LogP contribution >= 0.6 is 0 Å². The van der Waals surface area contributed by atoms with Gasteiger partial charge in [0.2, 0.25) is 0 Å². The van der Waals surface area contributed by atoms with E-state index >= 15 is 0 Å². The fraction of sp³-hybridized carbons (Fsp3) is 0.471. The lowest BCUT2D eigenvalue weighted by Gasteiger charge is -2.15. The van der Waals surface area contributed by atoms with E-state index < -0.39 is 0 Å². The minimum Gasteiger partial charge on any atom is -0.384 e. The van der Waals surface area contributed by atoms with Crippen molar-refractivity contribution in [1.82, 2.24) is 4.98 Å². The van der Waals surface area contributed by atoms with Gasteiger partial charge in [0, 0.05) is 23.3 Å². The summed E-state index contributed by atoms with van der Waals surface area (Å²) < 4.78 is 0. The molecule has 0 aliphatic heterocycles. The van der Waals surface area contributed by atoms with E-state index in [1.54, 1.807) is 0 Å². The molecular weight excluding hydrogens is 232 g/mol. The maximum Gasteiger partial charge on any atom is 0.0731 e. The molecule has 0 saturated heterocycles. The Morgan fingerprint density at radius 2 is 1.89 bits per heavy atom. The van der Waals surface area contributed by atoms with Crippen LogP contribution in [0.3, 0.4) is 0 Å². The zero-order valence-electron chi connectivity index (χ0n) is 12.7. The van der Waals surface area contributed by atoms with Gasteiger partial charge in [0.05, 0.1) is 5.52 Å². The standard InChI is InChI=1S/C17H24N2/c1-6-7-18-15-10-14(11(2)3)19-16-9-12(4)8-13(5)17(15)16/h8-11H,6-7H2,1-5H3,(H,18,19). The van der Waals surface area contributed by atoms with Crippen LogP contribution in [0, 0.1) is 13.8 Å². The summed E-state index contributed by atoms with van der Waals surface area (Å²) in [7, 11) is 0. The Morgan fingerprint density at radius 3 is 2.53 bits per heavy atom. The van der Waals surface area contributed by atoms with Gasteiger partial charge in [0.15, 0.2) is 0 Å². The highest BCUT2D eigenvalue weighted by Crippen LogP contribution is 2.30. The van der Waals surface area contributed by atoms with E-state index in [2.05, 4.69) is 58.1 Å². The van der Waals surface area contributed by atoms with Crippen molar-refractivity contribution < 1.29 is 0 Å². The summed E-state index contributed by atoms with van der Waals surface area (Å²) in [6.07, 6.45) is 1.13. The Bertz CT molecular complexity index is 585. The minimum atomic E-state index is 0.451. The van der Waals surface area contributed by atoms with Crippen molar-refractivity contribution in [3.8, 4) is 0 Å². The average molecular weight is 256 g/mol. The van der Waals surface area contributed by atoms with E-state index in [1.807, 2.05) is 0 Å². The second-order valence-electron chi connectivity index (χ2n) is 5.65. The van der Waals surface area contributed by atoms with E-state index in [9.17, 15) is 0 Å². The van der Waals surface area contributed by atoms with Gasteiger partial charge in [-0.3, -0.25) is 4.98 Å². The van der Waals surface area contributed by atoms with Gasteiger partial charge < -0.3 is 5.32 Å². The monoisotopic (exact) mass is 256 g/mol. The second-order valence-corrected chi connectivity index (χ2v) is 5.65. The number of benzene rings is 1. The molecule has 102 valence electrons. The molecule has 0 aliphatic carbocycles. The van der Waals surface area contributed by atoms with Crippen LogP contribution in [-0.2, 0) is 0 Å². The van der Waals surface area contributed by atoms with Gasteiger partial charge in [-0.15, -0.1) is 0 Å². The third kappa shape index (κ3) is 2.89. The van der Waals surface area contributed by atoms with Crippen molar-refractivity contribution >= 4 is 16.6 Å². The first-order chi connectivity index (χ1) is 9.02. The number of pyridine rings is 1. The predicted molar refractivity (Wildman–Crippen MR) is 84.1 cm³/mol. The first-order valence-electron chi connectivity index (χ1n) is 7.18. The molecule has 0 radical (unpaired) electrons. The Hall–Kier alpha value is -1.57. The van der Waals surface area contributed by atoms with Crippen LogP contribution in [0.1, 0.15) is 49.9 Å². The lowest BCUT2D eigenvalue weighted by Crippen LogP contribution is -2.04. The Kier molecular flexibility index (Phi) is 4.08. The number of fused-ring (bicyclic) bond motifs is 1. The molecule has 1 N–H and O–H groups in total. The van der Waals surface area contributed by atoms with E-state index in [0.29, 0.717) is 5.92 Å². The van der Waals surface area contributed by atoms with Crippen molar-refractivity contribution in [3.63, 3.8) is 0 Å². The van der Waals surface area contributed by atoms with Crippen LogP contribution in [-0.4, -0.2) is 11.5 Å². The van der Waals surface area contributed by atoms with Crippen molar-refractivity contribution in [2.75, 3.05) is 11.9 Å². The van der Waals surface area contributed by atoms with Gasteiger partial charge in [-0.1, -0.05) is 26.8 Å². The molecule has 2 rings (SSSR count). The average Bonchev–Trinajstić information content (AvgIpc) is 2.34. The highest BCUT2D eigenvalue weighted by molar-refractivity contribution is 5.94. The smallest absolute Gasteiger partial charge is 0.0731 e. The number of hydrogen-bond acceptors (Lipinski definition) is 2. The molecule has 0 fully saturated rings. The van der Waals surface area contributed by atoms with E-state index in [-0.39, 0.29) is 0 Å². The number of rotatable bonds is 4. The van der Waals surface area contributed by atoms with Crippen LogP contribution in [0.15, 0.2) is 18.2 Å². The molecule has 0 atom stereocenters. The van der Waals surface area contributed by atoms with Crippen LogP contribution in [0.5, 0.6) is 0 Å². The molecule has 0 amide bonds. The summed E-state index contributed by atoms with van der Waals surface area (Å²) >= 11 is 0. The summed E-state index contributed by atoms with van der Waals surface area (Å²) in [5.41, 5.74) is 6.09. The molecule has 0 aliphatic rings. The molecule has 0 bridgehead atoms. The van der Waals surface area contributed by atoms with Crippen molar-refractivity contribution in [3.05, 3.63) is 35.0 Å². The lowest BCUT2D eigenvalue weighted by atomic mass is 10.0. The predicted octanol–water partition coefficient (Wildman–Crippen LogP) is 4.80. The van der Waals surface area contributed by atoms with Crippen LogP contribution in [0.2, 0.25) is 0 Å². The molecule has 19 heavy (non-hydrogen) atoms. The zero-order valence-corrected chi connectivity index (χ0v) is 12.7. The minimum absolute atomic E-state index is 0.451. The quantitative estimate of drug-likeness (QED) is 0.850. The number of anilines is 1. The van der Waals surface area contributed by atoms with Crippen molar-refractivity contribution in [2.24, 2.45) is 0 Å². The summed E-state index contributed by atoms with van der Waals surface area (Å²) in [6.45, 7) is 11.9. The van der Waals surface area contributed by atoms with E-state index in [1.165, 1.54) is 22.2 Å². The van der Waals surface area contributed by atoms with E-state index in [0.717, 1.165) is 24.2 Å². The molecular formula is C17H24N2. The molecule has 2 nitrogen and oxygen atoms in total. The highest BCUT2D eigenvalue weighted by atomic mass is 14.9. The summed E-state index contributed by atoms with van der Waals surface area (Å²) in [5.74, 6) is 0.451. The molecule has 0 spiro atoms. The van der Waals surface area contributed by atoms with Gasteiger partial charge in [0.1, 0.15) is 0 Å². The molecule has 2 aromatic rings. The normalized spacial score (nSPS) is 11.3. The number of nitrogens with one attached hydrogen (secondary N) is 1. The lowest BCUT2D eigenvalue weighted by molar-refractivity contribution is 0.829. The summed E-state index contributed by atoms with van der Waals surface area (Å²) in [4.78, 5) is 4.83. The third-order valence-electron chi connectivity index (χ3n) is 3.43.